The van der Waals surface area contributed by atoms with E-state index in [2.05, 4.69) is 4.98 Å². The second-order valence-corrected chi connectivity index (χ2v) is 4.57. The van der Waals surface area contributed by atoms with E-state index in [-0.39, 0.29) is 5.75 Å². The van der Waals surface area contributed by atoms with Gasteiger partial charge < -0.3 is 5.73 Å². The van der Waals surface area contributed by atoms with Crippen molar-refractivity contribution in [3.63, 3.8) is 0 Å². The van der Waals surface area contributed by atoms with Gasteiger partial charge in [-0.2, -0.15) is 0 Å². The van der Waals surface area contributed by atoms with Gasteiger partial charge in [0.2, 0.25) is 5.91 Å². The summed E-state index contributed by atoms with van der Waals surface area (Å²) in [5.41, 5.74) is 5.49. The molecule has 15 heavy (non-hydrogen) atoms. The molecule has 2 heterocycles. The summed E-state index contributed by atoms with van der Waals surface area (Å²) >= 11 is 2.61. The number of nitrogens with zero attached hydrogens (tertiary/aromatic N) is 2. The van der Waals surface area contributed by atoms with E-state index in [0.29, 0.717) is 10.7 Å². The van der Waals surface area contributed by atoms with Gasteiger partial charge >= 0.3 is 0 Å². The number of fused-ring (bicyclic) bond motifs is 1. The normalized spacial score (nSPS) is 10.7. The molecule has 78 valence electrons. The van der Waals surface area contributed by atoms with Crippen LogP contribution in [0.2, 0.25) is 0 Å². The highest BCUT2D eigenvalue weighted by Gasteiger charge is 2.13. The van der Waals surface area contributed by atoms with Crippen LogP contribution in [0.5, 0.6) is 0 Å². The van der Waals surface area contributed by atoms with Gasteiger partial charge in [-0.1, -0.05) is 11.8 Å². The SMILES string of the molecule is NC(=O)CSc1nc2sccn2c1C=O. The molecule has 0 fully saturated rings. The minimum Gasteiger partial charge on any atom is -0.369 e. The maximum Gasteiger partial charge on any atom is 0.227 e. The number of carbonyl (C=O) groups excluding carboxylic acids is 2. The van der Waals surface area contributed by atoms with Gasteiger partial charge in [0.15, 0.2) is 11.2 Å². The van der Waals surface area contributed by atoms with E-state index in [1.165, 1.54) is 23.1 Å². The quantitative estimate of drug-likeness (QED) is 0.634. The van der Waals surface area contributed by atoms with Crippen LogP contribution in [0.4, 0.5) is 0 Å². The molecule has 5 nitrogen and oxygen atoms in total. The molecule has 0 saturated heterocycles. The van der Waals surface area contributed by atoms with E-state index in [1.54, 1.807) is 10.6 Å². The van der Waals surface area contributed by atoms with Crippen LogP contribution >= 0.6 is 23.1 Å². The molecule has 0 spiro atoms. The lowest BCUT2D eigenvalue weighted by molar-refractivity contribution is -0.115. The molecule has 0 aliphatic heterocycles. The van der Waals surface area contributed by atoms with Crippen molar-refractivity contribution < 1.29 is 9.59 Å². The van der Waals surface area contributed by atoms with Gasteiger partial charge in [-0.05, 0) is 0 Å². The molecule has 2 N–H and O–H groups in total. The molecular formula is C8H7N3O2S2. The predicted molar refractivity (Wildman–Crippen MR) is 58.4 cm³/mol. The van der Waals surface area contributed by atoms with Crippen molar-refractivity contribution in [2.24, 2.45) is 5.73 Å². The van der Waals surface area contributed by atoms with Crippen LogP contribution < -0.4 is 5.73 Å². The Morgan fingerprint density at radius 3 is 3.20 bits per heavy atom. The number of aromatic nitrogens is 2. The zero-order valence-corrected chi connectivity index (χ0v) is 9.18. The molecular weight excluding hydrogens is 234 g/mol. The van der Waals surface area contributed by atoms with Crippen LogP contribution in [0.3, 0.4) is 0 Å². The van der Waals surface area contributed by atoms with Crippen LogP contribution in [0.25, 0.3) is 4.96 Å². The highest BCUT2D eigenvalue weighted by molar-refractivity contribution is 8.00. The van der Waals surface area contributed by atoms with Gasteiger partial charge in [0.25, 0.3) is 0 Å². The Bertz CT molecular complexity index is 517. The van der Waals surface area contributed by atoms with Gasteiger partial charge in [0.05, 0.1) is 5.75 Å². The summed E-state index contributed by atoms with van der Waals surface area (Å²) in [6.07, 6.45) is 2.50. The molecule has 2 aromatic rings. The molecule has 2 aromatic heterocycles. The zero-order valence-electron chi connectivity index (χ0n) is 7.54. The van der Waals surface area contributed by atoms with Crippen molar-refractivity contribution in [1.29, 1.82) is 0 Å². The third-order valence-electron chi connectivity index (χ3n) is 1.73. The fourth-order valence-electron chi connectivity index (χ4n) is 1.14. The summed E-state index contributed by atoms with van der Waals surface area (Å²) in [6.45, 7) is 0. The van der Waals surface area contributed by atoms with Gasteiger partial charge in [0, 0.05) is 11.6 Å². The number of carbonyl (C=O) groups is 2. The zero-order chi connectivity index (χ0) is 10.8. The van der Waals surface area contributed by atoms with E-state index in [4.69, 9.17) is 5.73 Å². The summed E-state index contributed by atoms with van der Waals surface area (Å²) in [5, 5.41) is 2.40. The lowest BCUT2D eigenvalue weighted by Gasteiger charge is -1.94. The Kier molecular flexibility index (Phi) is 2.74. The van der Waals surface area contributed by atoms with Crippen molar-refractivity contribution in [3.05, 3.63) is 17.3 Å². The van der Waals surface area contributed by atoms with Crippen molar-refractivity contribution >= 4 is 40.3 Å². The fourth-order valence-corrected chi connectivity index (χ4v) is 2.64. The molecule has 1 amide bonds. The minimum absolute atomic E-state index is 0.131. The smallest absolute Gasteiger partial charge is 0.227 e. The lowest BCUT2D eigenvalue weighted by atomic mass is 10.5. The molecule has 0 saturated carbocycles. The Hall–Kier alpha value is -1.34. The Balaban J connectivity index is 2.37. The highest BCUT2D eigenvalue weighted by atomic mass is 32.2. The predicted octanol–water partition coefficient (Wildman–Crippen LogP) is 0.786. The summed E-state index contributed by atoms with van der Waals surface area (Å²) in [6, 6.07) is 0. The first-order chi connectivity index (χ1) is 7.22. The number of aldehydes is 1. The fraction of sp³-hybridized carbons (Fsp3) is 0.125. The average Bonchev–Trinajstić information content (AvgIpc) is 2.72. The van der Waals surface area contributed by atoms with Crippen molar-refractivity contribution in [1.82, 2.24) is 9.38 Å². The van der Waals surface area contributed by atoms with Crippen molar-refractivity contribution in [2.45, 2.75) is 5.03 Å². The number of hydrogen-bond donors (Lipinski definition) is 1. The number of imidazole rings is 1. The van der Waals surface area contributed by atoms with E-state index < -0.39 is 5.91 Å². The van der Waals surface area contributed by atoms with E-state index >= 15 is 0 Å². The van der Waals surface area contributed by atoms with Crippen LogP contribution in [-0.2, 0) is 4.79 Å². The number of hydrogen-bond acceptors (Lipinski definition) is 5. The monoisotopic (exact) mass is 241 g/mol. The Morgan fingerprint density at radius 2 is 2.53 bits per heavy atom. The number of thioether (sulfide) groups is 1. The first-order valence-corrected chi connectivity index (χ1v) is 5.90. The van der Waals surface area contributed by atoms with E-state index in [9.17, 15) is 9.59 Å². The maximum atomic E-state index is 10.9. The average molecular weight is 241 g/mol. The van der Waals surface area contributed by atoms with E-state index in [1.807, 2.05) is 5.38 Å². The second-order valence-electron chi connectivity index (χ2n) is 2.73. The lowest BCUT2D eigenvalue weighted by Crippen LogP contribution is -2.13. The van der Waals surface area contributed by atoms with Gasteiger partial charge in [-0.3, -0.25) is 14.0 Å². The number of rotatable bonds is 4. The van der Waals surface area contributed by atoms with Crippen LogP contribution in [0.15, 0.2) is 16.6 Å². The second kappa shape index (κ2) is 4.03. The third kappa shape index (κ3) is 1.88. The summed E-state index contributed by atoms with van der Waals surface area (Å²) in [5.74, 6) is -0.292. The molecule has 2 rings (SSSR count). The molecule has 0 unspecified atom stereocenters. The highest BCUT2D eigenvalue weighted by Crippen LogP contribution is 2.24. The summed E-state index contributed by atoms with van der Waals surface area (Å²) in [4.78, 5) is 26.4. The number of thiazole rings is 1. The van der Waals surface area contributed by atoms with Crippen molar-refractivity contribution in [2.75, 3.05) is 5.75 Å². The number of amides is 1. The van der Waals surface area contributed by atoms with Crippen LogP contribution in [-0.4, -0.2) is 27.3 Å². The minimum atomic E-state index is -0.423. The molecule has 0 bridgehead atoms. The topological polar surface area (TPSA) is 77.5 Å². The van der Waals surface area contributed by atoms with Crippen LogP contribution in [0.1, 0.15) is 10.5 Å². The van der Waals surface area contributed by atoms with E-state index in [0.717, 1.165) is 11.2 Å². The van der Waals surface area contributed by atoms with Gasteiger partial charge in [-0.15, -0.1) is 11.3 Å². The van der Waals surface area contributed by atoms with Crippen LogP contribution in [0, 0.1) is 0 Å². The molecule has 0 atom stereocenters. The number of nitrogens with two attached hydrogens (primary N) is 1. The molecule has 0 aliphatic carbocycles. The number of primary amides is 1. The van der Waals surface area contributed by atoms with Gasteiger partial charge in [0.1, 0.15) is 10.7 Å². The Labute approximate surface area is 93.3 Å². The van der Waals surface area contributed by atoms with Gasteiger partial charge in [-0.25, -0.2) is 4.98 Å². The molecule has 0 radical (unpaired) electrons. The maximum absolute atomic E-state index is 10.9. The molecule has 7 heteroatoms. The molecule has 0 aromatic carbocycles. The first-order valence-electron chi connectivity index (χ1n) is 4.04. The summed E-state index contributed by atoms with van der Waals surface area (Å²) in [7, 11) is 0. The third-order valence-corrected chi connectivity index (χ3v) is 3.49. The first kappa shape index (κ1) is 10.2. The standard InChI is InChI=1S/C8H7N3O2S2/c9-6(13)4-15-7-5(3-12)11-1-2-14-8(11)10-7/h1-3H,4H2,(H2,9,13). The Morgan fingerprint density at radius 1 is 1.73 bits per heavy atom. The molecule has 0 aliphatic rings. The summed E-state index contributed by atoms with van der Waals surface area (Å²) < 4.78 is 1.70. The largest absolute Gasteiger partial charge is 0.369 e. The van der Waals surface area contributed by atoms with Crippen molar-refractivity contribution in [3.8, 4) is 0 Å².